The summed E-state index contributed by atoms with van der Waals surface area (Å²) in [4.78, 5) is 11.1. The standard InChI is InChI=1S/C9H14O2/c1-2-11-9(10)8-6-4-3-5-7-8/h3-4,8H,2,5-7H2,1H3/t8-/m1/s1. The first kappa shape index (κ1) is 8.31. The van der Waals surface area contributed by atoms with E-state index in [1.54, 1.807) is 0 Å². The van der Waals surface area contributed by atoms with E-state index in [2.05, 4.69) is 12.2 Å². The van der Waals surface area contributed by atoms with Crippen LogP contribution in [0.1, 0.15) is 26.2 Å². The highest BCUT2D eigenvalue weighted by Gasteiger charge is 2.18. The van der Waals surface area contributed by atoms with E-state index in [1.807, 2.05) is 6.92 Å². The molecule has 0 heterocycles. The molecule has 0 fully saturated rings. The monoisotopic (exact) mass is 154 g/mol. The third-order valence-electron chi connectivity index (χ3n) is 1.89. The lowest BCUT2D eigenvalue weighted by Gasteiger charge is -2.15. The summed E-state index contributed by atoms with van der Waals surface area (Å²) in [6, 6.07) is 0. The predicted molar refractivity (Wildman–Crippen MR) is 43.1 cm³/mol. The molecule has 0 aliphatic heterocycles. The summed E-state index contributed by atoms with van der Waals surface area (Å²) in [6.45, 7) is 2.34. The Morgan fingerprint density at radius 3 is 3.00 bits per heavy atom. The van der Waals surface area contributed by atoms with Crippen molar-refractivity contribution in [1.29, 1.82) is 0 Å². The first-order valence-electron chi connectivity index (χ1n) is 4.16. The zero-order valence-corrected chi connectivity index (χ0v) is 6.88. The Balaban J connectivity index is 2.34. The molecule has 2 nitrogen and oxygen atoms in total. The molecular weight excluding hydrogens is 140 g/mol. The lowest BCUT2D eigenvalue weighted by molar-refractivity contribution is -0.148. The number of carbonyl (C=O) groups excluding carboxylic acids is 1. The zero-order valence-electron chi connectivity index (χ0n) is 6.88. The van der Waals surface area contributed by atoms with Crippen LogP contribution in [0.25, 0.3) is 0 Å². The molecule has 0 amide bonds. The molecule has 0 unspecified atom stereocenters. The molecule has 0 aromatic rings. The molecule has 0 bridgehead atoms. The highest BCUT2D eigenvalue weighted by atomic mass is 16.5. The van der Waals surface area contributed by atoms with Gasteiger partial charge in [0, 0.05) is 0 Å². The second-order valence-corrected chi connectivity index (χ2v) is 2.73. The molecule has 0 aromatic heterocycles. The summed E-state index contributed by atoms with van der Waals surface area (Å²) in [5, 5.41) is 0. The summed E-state index contributed by atoms with van der Waals surface area (Å²) >= 11 is 0. The van der Waals surface area contributed by atoms with Crippen LogP contribution in [0.3, 0.4) is 0 Å². The average Bonchev–Trinajstić information content (AvgIpc) is 2.07. The molecule has 0 saturated carbocycles. The van der Waals surface area contributed by atoms with Crippen molar-refractivity contribution >= 4 is 5.97 Å². The van der Waals surface area contributed by atoms with Crippen LogP contribution >= 0.6 is 0 Å². The number of hydrogen-bond acceptors (Lipinski definition) is 2. The van der Waals surface area contributed by atoms with E-state index in [9.17, 15) is 4.79 Å². The second kappa shape index (κ2) is 4.16. The Hall–Kier alpha value is -0.790. The molecule has 1 aliphatic rings. The van der Waals surface area contributed by atoms with Gasteiger partial charge in [-0.1, -0.05) is 12.2 Å². The van der Waals surface area contributed by atoms with Gasteiger partial charge in [-0.15, -0.1) is 0 Å². The Morgan fingerprint density at radius 2 is 2.45 bits per heavy atom. The van der Waals surface area contributed by atoms with Crippen molar-refractivity contribution in [3.05, 3.63) is 12.2 Å². The minimum atomic E-state index is -0.0307. The highest BCUT2D eigenvalue weighted by molar-refractivity contribution is 5.72. The Bertz CT molecular complexity index is 161. The molecule has 1 aliphatic carbocycles. The maximum absolute atomic E-state index is 11.1. The van der Waals surface area contributed by atoms with Gasteiger partial charge in [0.15, 0.2) is 0 Å². The third kappa shape index (κ3) is 2.37. The van der Waals surface area contributed by atoms with Crippen molar-refractivity contribution < 1.29 is 9.53 Å². The van der Waals surface area contributed by atoms with E-state index >= 15 is 0 Å². The van der Waals surface area contributed by atoms with Crippen LogP contribution in [0.4, 0.5) is 0 Å². The fraction of sp³-hybridized carbons (Fsp3) is 0.667. The number of ether oxygens (including phenoxy) is 1. The van der Waals surface area contributed by atoms with Crippen LogP contribution in [0.15, 0.2) is 12.2 Å². The molecule has 11 heavy (non-hydrogen) atoms. The van der Waals surface area contributed by atoms with Gasteiger partial charge < -0.3 is 4.74 Å². The van der Waals surface area contributed by atoms with Crippen molar-refractivity contribution in [3.8, 4) is 0 Å². The van der Waals surface area contributed by atoms with Gasteiger partial charge in [-0.25, -0.2) is 0 Å². The van der Waals surface area contributed by atoms with E-state index < -0.39 is 0 Å². The SMILES string of the molecule is CCOC(=O)[C@@H]1CC=CCC1. The predicted octanol–water partition coefficient (Wildman–Crippen LogP) is 1.91. The Kier molecular flexibility index (Phi) is 3.14. The van der Waals surface area contributed by atoms with Crippen LogP contribution < -0.4 is 0 Å². The molecule has 1 atom stereocenters. The fourth-order valence-electron chi connectivity index (χ4n) is 1.27. The molecular formula is C9H14O2. The van der Waals surface area contributed by atoms with Crippen LogP contribution in [0.5, 0.6) is 0 Å². The molecule has 0 aromatic carbocycles. The molecule has 0 saturated heterocycles. The van der Waals surface area contributed by atoms with Gasteiger partial charge in [-0.3, -0.25) is 4.79 Å². The average molecular weight is 154 g/mol. The van der Waals surface area contributed by atoms with E-state index in [1.165, 1.54) is 0 Å². The van der Waals surface area contributed by atoms with Gasteiger partial charge in [-0.2, -0.15) is 0 Å². The molecule has 0 N–H and O–H groups in total. The van der Waals surface area contributed by atoms with Crippen molar-refractivity contribution in [3.63, 3.8) is 0 Å². The quantitative estimate of drug-likeness (QED) is 0.448. The van der Waals surface area contributed by atoms with E-state index in [0.29, 0.717) is 6.61 Å². The lowest BCUT2D eigenvalue weighted by Crippen LogP contribution is -2.18. The van der Waals surface area contributed by atoms with Gasteiger partial charge in [0.05, 0.1) is 12.5 Å². The van der Waals surface area contributed by atoms with E-state index in [-0.39, 0.29) is 11.9 Å². The van der Waals surface area contributed by atoms with Crippen LogP contribution in [0.2, 0.25) is 0 Å². The van der Waals surface area contributed by atoms with Gasteiger partial charge in [-0.05, 0) is 26.2 Å². The first-order valence-corrected chi connectivity index (χ1v) is 4.16. The topological polar surface area (TPSA) is 26.3 Å². The van der Waals surface area contributed by atoms with Crippen LogP contribution in [-0.2, 0) is 9.53 Å². The number of allylic oxidation sites excluding steroid dienone is 2. The summed E-state index contributed by atoms with van der Waals surface area (Å²) in [6.07, 6.45) is 7.01. The van der Waals surface area contributed by atoms with Crippen molar-refractivity contribution in [2.75, 3.05) is 6.61 Å². The number of rotatable bonds is 2. The van der Waals surface area contributed by atoms with E-state index in [4.69, 9.17) is 4.74 Å². The van der Waals surface area contributed by atoms with E-state index in [0.717, 1.165) is 19.3 Å². The molecule has 0 spiro atoms. The van der Waals surface area contributed by atoms with Gasteiger partial charge in [0.2, 0.25) is 0 Å². The van der Waals surface area contributed by atoms with Crippen LogP contribution in [0, 0.1) is 5.92 Å². The molecule has 2 heteroatoms. The lowest BCUT2D eigenvalue weighted by atomic mass is 9.95. The molecule has 0 radical (unpaired) electrons. The molecule has 1 rings (SSSR count). The summed E-state index contributed by atoms with van der Waals surface area (Å²) < 4.78 is 4.91. The largest absolute Gasteiger partial charge is 0.466 e. The minimum Gasteiger partial charge on any atom is -0.466 e. The number of carbonyl (C=O) groups is 1. The summed E-state index contributed by atoms with van der Waals surface area (Å²) in [5.41, 5.74) is 0. The maximum atomic E-state index is 11.1. The first-order chi connectivity index (χ1) is 5.34. The normalized spacial score (nSPS) is 23.2. The van der Waals surface area contributed by atoms with Crippen LogP contribution in [-0.4, -0.2) is 12.6 Å². The smallest absolute Gasteiger partial charge is 0.309 e. The Labute approximate surface area is 67.2 Å². The molecule has 62 valence electrons. The Morgan fingerprint density at radius 1 is 1.64 bits per heavy atom. The maximum Gasteiger partial charge on any atom is 0.309 e. The van der Waals surface area contributed by atoms with Crippen molar-refractivity contribution in [1.82, 2.24) is 0 Å². The van der Waals surface area contributed by atoms with Gasteiger partial charge >= 0.3 is 5.97 Å². The zero-order chi connectivity index (χ0) is 8.10. The van der Waals surface area contributed by atoms with Gasteiger partial charge in [0.25, 0.3) is 0 Å². The summed E-state index contributed by atoms with van der Waals surface area (Å²) in [5.74, 6) is 0.0943. The summed E-state index contributed by atoms with van der Waals surface area (Å²) in [7, 11) is 0. The third-order valence-corrected chi connectivity index (χ3v) is 1.89. The number of hydrogen-bond donors (Lipinski definition) is 0. The fourth-order valence-corrected chi connectivity index (χ4v) is 1.27. The van der Waals surface area contributed by atoms with Gasteiger partial charge in [0.1, 0.15) is 0 Å². The number of esters is 1. The highest BCUT2D eigenvalue weighted by Crippen LogP contribution is 2.19. The van der Waals surface area contributed by atoms with Crippen molar-refractivity contribution in [2.24, 2.45) is 5.92 Å². The second-order valence-electron chi connectivity index (χ2n) is 2.73. The van der Waals surface area contributed by atoms with Crippen molar-refractivity contribution in [2.45, 2.75) is 26.2 Å². The minimum absolute atomic E-state index is 0.0307.